The monoisotopic (exact) mass is 279 g/mol. The number of hydrogen-bond acceptors (Lipinski definition) is 2. The number of benzene rings is 2. The summed E-state index contributed by atoms with van der Waals surface area (Å²) in [6, 6.07) is 17.3. The molecule has 2 aromatic rings. The number of methoxy groups -OCH3 is 1. The van der Waals surface area contributed by atoms with Crippen molar-refractivity contribution in [3.05, 3.63) is 65.2 Å². The van der Waals surface area contributed by atoms with E-state index in [9.17, 15) is 0 Å². The zero-order valence-corrected chi connectivity index (χ0v) is 12.5. The molecule has 1 aliphatic heterocycles. The van der Waals surface area contributed by atoms with Gasteiger partial charge in [0, 0.05) is 31.1 Å². The van der Waals surface area contributed by atoms with E-state index < -0.39 is 0 Å². The highest BCUT2D eigenvalue weighted by atomic mass is 16.5. The fourth-order valence-corrected chi connectivity index (χ4v) is 4.11. The summed E-state index contributed by atoms with van der Waals surface area (Å²) >= 11 is 0. The van der Waals surface area contributed by atoms with Gasteiger partial charge in [0.25, 0.3) is 0 Å². The van der Waals surface area contributed by atoms with Crippen LogP contribution in [-0.4, -0.2) is 25.1 Å². The first-order chi connectivity index (χ1) is 10.3. The lowest BCUT2D eigenvalue weighted by atomic mass is 9.96. The van der Waals surface area contributed by atoms with E-state index in [1.165, 1.54) is 29.7 Å². The Hall–Kier alpha value is -1.80. The molecular formula is C19H21NO. The maximum Gasteiger partial charge on any atom is 0.122 e. The van der Waals surface area contributed by atoms with Crippen molar-refractivity contribution in [2.24, 2.45) is 5.92 Å². The first kappa shape index (κ1) is 12.9. The predicted octanol–water partition coefficient (Wildman–Crippen LogP) is 3.47. The minimum atomic E-state index is 0.653. The molecule has 0 bridgehead atoms. The van der Waals surface area contributed by atoms with Gasteiger partial charge < -0.3 is 4.74 Å². The Bertz CT molecular complexity index is 637. The molecule has 1 fully saturated rings. The average Bonchev–Trinajstić information content (AvgIpc) is 3.04. The molecule has 0 saturated carbocycles. The summed E-state index contributed by atoms with van der Waals surface area (Å²) < 4.78 is 5.60. The van der Waals surface area contributed by atoms with Crippen molar-refractivity contribution in [1.29, 1.82) is 0 Å². The van der Waals surface area contributed by atoms with Gasteiger partial charge in [-0.3, -0.25) is 4.90 Å². The summed E-state index contributed by atoms with van der Waals surface area (Å²) in [5.74, 6) is 2.50. The molecule has 2 unspecified atom stereocenters. The second-order valence-electron chi connectivity index (χ2n) is 6.28. The lowest BCUT2D eigenvalue weighted by molar-refractivity contribution is 0.313. The lowest BCUT2D eigenvalue weighted by Crippen LogP contribution is -2.21. The van der Waals surface area contributed by atoms with Gasteiger partial charge in [-0.05, 0) is 29.5 Å². The molecule has 0 radical (unpaired) electrons. The molecule has 2 nitrogen and oxygen atoms in total. The Labute approximate surface area is 126 Å². The zero-order chi connectivity index (χ0) is 14.2. The topological polar surface area (TPSA) is 12.5 Å². The van der Waals surface area contributed by atoms with Crippen molar-refractivity contribution in [3.8, 4) is 5.75 Å². The fourth-order valence-electron chi connectivity index (χ4n) is 4.11. The number of fused-ring (bicyclic) bond motifs is 3. The number of likely N-dealkylation sites (tertiary alicyclic amines) is 1. The molecule has 2 aromatic carbocycles. The van der Waals surface area contributed by atoms with Crippen molar-refractivity contribution in [2.75, 3.05) is 20.2 Å². The summed E-state index contributed by atoms with van der Waals surface area (Å²) in [5.41, 5.74) is 4.39. The average molecular weight is 279 g/mol. The summed E-state index contributed by atoms with van der Waals surface area (Å²) in [6.45, 7) is 3.43. The van der Waals surface area contributed by atoms with Crippen LogP contribution in [0.2, 0.25) is 0 Å². The van der Waals surface area contributed by atoms with Crippen LogP contribution in [0.1, 0.15) is 22.6 Å². The highest BCUT2D eigenvalue weighted by Gasteiger charge is 2.41. The second-order valence-corrected chi connectivity index (χ2v) is 6.28. The van der Waals surface area contributed by atoms with Gasteiger partial charge >= 0.3 is 0 Å². The first-order valence-electron chi connectivity index (χ1n) is 7.77. The quantitative estimate of drug-likeness (QED) is 0.853. The largest absolute Gasteiger partial charge is 0.496 e. The summed E-state index contributed by atoms with van der Waals surface area (Å²) in [5, 5.41) is 0. The smallest absolute Gasteiger partial charge is 0.122 e. The molecule has 1 saturated heterocycles. The van der Waals surface area contributed by atoms with Crippen LogP contribution in [0.15, 0.2) is 48.5 Å². The molecule has 4 rings (SSSR count). The van der Waals surface area contributed by atoms with Crippen molar-refractivity contribution in [3.63, 3.8) is 0 Å². The molecule has 0 N–H and O–H groups in total. The van der Waals surface area contributed by atoms with Gasteiger partial charge in [-0.25, -0.2) is 0 Å². The maximum atomic E-state index is 5.60. The Morgan fingerprint density at radius 2 is 1.90 bits per heavy atom. The molecule has 2 atom stereocenters. The minimum Gasteiger partial charge on any atom is -0.496 e. The Kier molecular flexibility index (Phi) is 3.19. The third kappa shape index (κ3) is 2.24. The van der Waals surface area contributed by atoms with Crippen molar-refractivity contribution < 1.29 is 4.74 Å². The van der Waals surface area contributed by atoms with Gasteiger partial charge in [0.05, 0.1) is 7.11 Å². The Morgan fingerprint density at radius 3 is 2.71 bits per heavy atom. The molecular weight excluding hydrogens is 258 g/mol. The van der Waals surface area contributed by atoms with E-state index in [0.29, 0.717) is 5.92 Å². The van der Waals surface area contributed by atoms with E-state index in [-0.39, 0.29) is 0 Å². The molecule has 1 aliphatic carbocycles. The summed E-state index contributed by atoms with van der Waals surface area (Å²) in [4.78, 5) is 2.60. The van der Waals surface area contributed by atoms with Crippen LogP contribution < -0.4 is 4.74 Å². The van der Waals surface area contributed by atoms with E-state index in [2.05, 4.69) is 53.4 Å². The second kappa shape index (κ2) is 5.19. The van der Waals surface area contributed by atoms with Crippen LogP contribution in [0.5, 0.6) is 5.75 Å². The summed E-state index contributed by atoms with van der Waals surface area (Å²) in [7, 11) is 1.79. The molecule has 108 valence electrons. The third-order valence-corrected chi connectivity index (χ3v) is 4.99. The maximum absolute atomic E-state index is 5.60. The molecule has 0 aromatic heterocycles. The number of hydrogen-bond donors (Lipinski definition) is 0. The van der Waals surface area contributed by atoms with Crippen molar-refractivity contribution in [1.82, 2.24) is 4.90 Å². The fraction of sp³-hybridized carbons (Fsp3) is 0.368. The Balaban J connectivity index is 1.55. The van der Waals surface area contributed by atoms with E-state index in [1.54, 1.807) is 7.11 Å². The molecule has 0 spiro atoms. The standard InChI is InChI=1S/C19H21NO/c1-21-18-9-5-8-15-10-16-12-20(13-17(16)19(15)18)11-14-6-3-2-4-7-14/h2-9,16-17H,10-13H2,1H3. The highest BCUT2D eigenvalue weighted by Crippen LogP contribution is 2.47. The van der Waals surface area contributed by atoms with Gasteiger partial charge in [0.15, 0.2) is 0 Å². The predicted molar refractivity (Wildman–Crippen MR) is 84.6 cm³/mol. The van der Waals surface area contributed by atoms with E-state index in [4.69, 9.17) is 4.74 Å². The van der Waals surface area contributed by atoms with Gasteiger partial charge in [-0.2, -0.15) is 0 Å². The molecule has 1 heterocycles. The van der Waals surface area contributed by atoms with Gasteiger partial charge in [0.2, 0.25) is 0 Å². The van der Waals surface area contributed by atoms with Crippen LogP contribution in [0.3, 0.4) is 0 Å². The van der Waals surface area contributed by atoms with Gasteiger partial charge in [0.1, 0.15) is 5.75 Å². The van der Waals surface area contributed by atoms with Crippen LogP contribution in [0.4, 0.5) is 0 Å². The third-order valence-electron chi connectivity index (χ3n) is 4.99. The van der Waals surface area contributed by atoms with Crippen LogP contribution in [0, 0.1) is 5.92 Å². The molecule has 2 heteroatoms. The van der Waals surface area contributed by atoms with Gasteiger partial charge in [-0.15, -0.1) is 0 Å². The van der Waals surface area contributed by atoms with Crippen LogP contribution in [0.25, 0.3) is 0 Å². The number of rotatable bonds is 3. The summed E-state index contributed by atoms with van der Waals surface area (Å²) in [6.07, 6.45) is 1.21. The SMILES string of the molecule is COc1cccc2c1C1CN(Cc3ccccc3)CC1C2. The normalized spacial score (nSPS) is 23.9. The van der Waals surface area contributed by atoms with Gasteiger partial charge in [-0.1, -0.05) is 42.5 Å². The zero-order valence-electron chi connectivity index (χ0n) is 12.5. The number of nitrogens with zero attached hydrogens (tertiary/aromatic N) is 1. The highest BCUT2D eigenvalue weighted by molar-refractivity contribution is 5.48. The van der Waals surface area contributed by atoms with Crippen LogP contribution in [-0.2, 0) is 13.0 Å². The molecule has 2 aliphatic rings. The van der Waals surface area contributed by atoms with Crippen molar-refractivity contribution >= 4 is 0 Å². The van der Waals surface area contributed by atoms with E-state index in [0.717, 1.165) is 24.8 Å². The Morgan fingerprint density at radius 1 is 1.05 bits per heavy atom. The minimum absolute atomic E-state index is 0.653. The van der Waals surface area contributed by atoms with E-state index in [1.807, 2.05) is 0 Å². The first-order valence-corrected chi connectivity index (χ1v) is 7.77. The van der Waals surface area contributed by atoms with E-state index >= 15 is 0 Å². The van der Waals surface area contributed by atoms with Crippen LogP contribution >= 0.6 is 0 Å². The number of ether oxygens (including phenoxy) is 1. The molecule has 21 heavy (non-hydrogen) atoms. The lowest BCUT2D eigenvalue weighted by Gasteiger charge is -2.18. The molecule has 0 amide bonds. The van der Waals surface area contributed by atoms with Crippen molar-refractivity contribution in [2.45, 2.75) is 18.9 Å².